The molecule has 0 atom stereocenters. The van der Waals surface area contributed by atoms with Crippen LogP contribution in [0.5, 0.6) is 0 Å². The highest BCUT2D eigenvalue weighted by Crippen LogP contribution is 2.16. The molecule has 69 valence electrons. The number of hydrogen-bond acceptors (Lipinski definition) is 1. The molecule has 0 N–H and O–H groups in total. The van der Waals surface area contributed by atoms with E-state index in [9.17, 15) is 4.79 Å². The molecule has 0 saturated carbocycles. The zero-order valence-corrected chi connectivity index (χ0v) is 8.08. The van der Waals surface area contributed by atoms with Gasteiger partial charge in [-0.3, -0.25) is 4.79 Å². The quantitative estimate of drug-likeness (QED) is 0.646. The summed E-state index contributed by atoms with van der Waals surface area (Å²) in [7, 11) is 0. The third kappa shape index (κ3) is 2.31. The minimum Gasteiger partial charge on any atom is -0.315 e. The van der Waals surface area contributed by atoms with Crippen LogP contribution in [0, 0.1) is 20.8 Å². The van der Waals surface area contributed by atoms with Gasteiger partial charge >= 0.3 is 0 Å². The van der Waals surface area contributed by atoms with Crippen molar-refractivity contribution in [2.45, 2.75) is 13.8 Å². The van der Waals surface area contributed by atoms with Crippen LogP contribution in [0.3, 0.4) is 0 Å². The van der Waals surface area contributed by atoms with E-state index in [-0.39, 0.29) is 0 Å². The molecule has 0 aliphatic rings. The highest BCUT2D eigenvalue weighted by Gasteiger charge is 2.02. The highest BCUT2D eigenvalue weighted by atomic mass is 16.1. The van der Waals surface area contributed by atoms with E-state index in [0.717, 1.165) is 23.2 Å². The first-order valence-corrected chi connectivity index (χ1v) is 4.27. The van der Waals surface area contributed by atoms with Gasteiger partial charge in [0.15, 0.2) is 0 Å². The second-order valence-electron chi connectivity index (χ2n) is 3.14. The van der Waals surface area contributed by atoms with Crippen molar-refractivity contribution in [3.05, 3.63) is 36.2 Å². The normalized spacial score (nSPS) is 9.77. The maximum absolute atomic E-state index is 10.6. The number of carbonyl (C=O) groups is 1. The van der Waals surface area contributed by atoms with Crippen LogP contribution in [-0.2, 0) is 4.79 Å². The van der Waals surface area contributed by atoms with Crippen LogP contribution in [0.4, 0.5) is 5.69 Å². The van der Waals surface area contributed by atoms with Crippen molar-refractivity contribution in [3.8, 4) is 0 Å². The minimum atomic E-state index is 0.465. The van der Waals surface area contributed by atoms with Gasteiger partial charge in [0.05, 0.1) is 0 Å². The standard InChI is InChI=1S/C11H14NO/c1-4-12(8-13)11-6-9(2)5-10(3)7-11/h5-8H,1,4H2,2-3H3. The molecular weight excluding hydrogens is 162 g/mol. The van der Waals surface area contributed by atoms with Gasteiger partial charge in [-0.2, -0.15) is 0 Å². The second-order valence-corrected chi connectivity index (χ2v) is 3.14. The van der Waals surface area contributed by atoms with E-state index in [1.807, 2.05) is 26.0 Å². The first kappa shape index (κ1) is 9.78. The van der Waals surface area contributed by atoms with Gasteiger partial charge in [0.2, 0.25) is 6.41 Å². The lowest BCUT2D eigenvalue weighted by molar-refractivity contribution is -0.107. The van der Waals surface area contributed by atoms with Crippen LogP contribution < -0.4 is 4.90 Å². The Morgan fingerprint density at radius 3 is 2.23 bits per heavy atom. The van der Waals surface area contributed by atoms with E-state index in [4.69, 9.17) is 0 Å². The summed E-state index contributed by atoms with van der Waals surface area (Å²) in [6, 6.07) is 6.04. The first-order valence-electron chi connectivity index (χ1n) is 4.27. The summed E-state index contributed by atoms with van der Waals surface area (Å²) in [5, 5.41) is 0. The molecule has 0 aliphatic carbocycles. The predicted octanol–water partition coefficient (Wildman–Crippen LogP) is 2.10. The van der Waals surface area contributed by atoms with Gasteiger partial charge in [0.25, 0.3) is 0 Å². The maximum Gasteiger partial charge on any atom is 0.214 e. The number of aryl methyl sites for hydroxylation is 2. The molecule has 0 saturated heterocycles. The van der Waals surface area contributed by atoms with Crippen molar-refractivity contribution in [1.82, 2.24) is 0 Å². The third-order valence-electron chi connectivity index (χ3n) is 1.91. The first-order chi connectivity index (χ1) is 6.17. The number of amides is 1. The lowest BCUT2D eigenvalue weighted by atomic mass is 10.1. The monoisotopic (exact) mass is 176 g/mol. The zero-order chi connectivity index (χ0) is 9.84. The molecule has 13 heavy (non-hydrogen) atoms. The van der Waals surface area contributed by atoms with E-state index >= 15 is 0 Å². The Balaban J connectivity index is 3.05. The molecule has 0 heterocycles. The Morgan fingerprint density at radius 1 is 1.31 bits per heavy atom. The third-order valence-corrected chi connectivity index (χ3v) is 1.91. The largest absolute Gasteiger partial charge is 0.315 e. The van der Waals surface area contributed by atoms with E-state index in [0.29, 0.717) is 6.54 Å². The van der Waals surface area contributed by atoms with Gasteiger partial charge < -0.3 is 4.90 Å². The molecule has 0 aromatic heterocycles. The van der Waals surface area contributed by atoms with E-state index < -0.39 is 0 Å². The summed E-state index contributed by atoms with van der Waals surface area (Å²) in [4.78, 5) is 12.2. The van der Waals surface area contributed by atoms with Gasteiger partial charge in [0.1, 0.15) is 0 Å². The zero-order valence-electron chi connectivity index (χ0n) is 8.08. The number of hydrogen-bond donors (Lipinski definition) is 0. The van der Waals surface area contributed by atoms with E-state index in [1.165, 1.54) is 0 Å². The van der Waals surface area contributed by atoms with Gasteiger partial charge in [-0.05, 0) is 44.0 Å². The summed E-state index contributed by atoms with van der Waals surface area (Å²) in [5.41, 5.74) is 3.24. The van der Waals surface area contributed by atoms with E-state index in [2.05, 4.69) is 13.0 Å². The van der Waals surface area contributed by atoms with Crippen LogP contribution in [0.15, 0.2) is 18.2 Å². The van der Waals surface area contributed by atoms with Crippen molar-refractivity contribution in [2.24, 2.45) is 0 Å². The Kier molecular flexibility index (Phi) is 3.07. The summed E-state index contributed by atoms with van der Waals surface area (Å²) in [6.07, 6.45) is 0.807. The average Bonchev–Trinajstić information content (AvgIpc) is 2.04. The highest BCUT2D eigenvalue weighted by molar-refractivity contribution is 5.75. The Bertz CT molecular complexity index is 287. The molecule has 0 unspecified atom stereocenters. The summed E-state index contributed by atoms with van der Waals surface area (Å²) in [5.74, 6) is 0. The molecule has 2 heteroatoms. The number of anilines is 1. The maximum atomic E-state index is 10.6. The van der Waals surface area contributed by atoms with Crippen LogP contribution in [-0.4, -0.2) is 13.0 Å². The molecule has 0 fully saturated rings. The molecular formula is C11H14NO. The Morgan fingerprint density at radius 2 is 1.85 bits per heavy atom. The molecule has 0 aliphatic heterocycles. The fraction of sp³-hybridized carbons (Fsp3) is 0.273. The molecule has 0 spiro atoms. The van der Waals surface area contributed by atoms with Crippen molar-refractivity contribution in [1.29, 1.82) is 0 Å². The topological polar surface area (TPSA) is 20.3 Å². The van der Waals surface area contributed by atoms with Gasteiger partial charge in [-0.1, -0.05) is 6.07 Å². The Hall–Kier alpha value is -1.31. The molecule has 1 radical (unpaired) electrons. The van der Waals surface area contributed by atoms with Crippen LogP contribution in [0.25, 0.3) is 0 Å². The summed E-state index contributed by atoms with van der Waals surface area (Å²) in [6.45, 7) is 8.18. The number of benzene rings is 1. The minimum absolute atomic E-state index is 0.465. The molecule has 1 aromatic carbocycles. The average molecular weight is 176 g/mol. The van der Waals surface area contributed by atoms with Crippen LogP contribution >= 0.6 is 0 Å². The van der Waals surface area contributed by atoms with Crippen LogP contribution in [0.1, 0.15) is 11.1 Å². The van der Waals surface area contributed by atoms with Crippen molar-refractivity contribution >= 4 is 12.1 Å². The summed E-state index contributed by atoms with van der Waals surface area (Å²) < 4.78 is 0. The fourth-order valence-electron chi connectivity index (χ4n) is 1.36. The molecule has 1 amide bonds. The lowest BCUT2D eigenvalue weighted by Crippen LogP contribution is -2.20. The van der Waals surface area contributed by atoms with Gasteiger partial charge in [-0.15, -0.1) is 0 Å². The lowest BCUT2D eigenvalue weighted by Gasteiger charge is -2.15. The van der Waals surface area contributed by atoms with Gasteiger partial charge in [-0.25, -0.2) is 0 Å². The fourth-order valence-corrected chi connectivity index (χ4v) is 1.36. The van der Waals surface area contributed by atoms with Crippen molar-refractivity contribution in [3.63, 3.8) is 0 Å². The van der Waals surface area contributed by atoms with Crippen molar-refractivity contribution < 1.29 is 4.79 Å². The van der Waals surface area contributed by atoms with Gasteiger partial charge in [0, 0.05) is 12.2 Å². The van der Waals surface area contributed by atoms with Crippen molar-refractivity contribution in [2.75, 3.05) is 11.4 Å². The Labute approximate surface area is 79.2 Å². The summed E-state index contributed by atoms with van der Waals surface area (Å²) >= 11 is 0. The molecule has 0 bridgehead atoms. The number of nitrogens with zero attached hydrogens (tertiary/aromatic N) is 1. The molecule has 1 rings (SSSR count). The number of rotatable bonds is 3. The van der Waals surface area contributed by atoms with Crippen LogP contribution in [0.2, 0.25) is 0 Å². The second kappa shape index (κ2) is 4.08. The number of carbonyl (C=O) groups excluding carboxylic acids is 1. The predicted molar refractivity (Wildman–Crippen MR) is 54.7 cm³/mol. The van der Waals surface area contributed by atoms with E-state index in [1.54, 1.807) is 4.90 Å². The SMILES string of the molecule is [CH2]CN(C=O)c1cc(C)cc(C)c1. The molecule has 2 nitrogen and oxygen atoms in total. The smallest absolute Gasteiger partial charge is 0.214 e. The molecule has 1 aromatic rings.